The standard InChI is InChI=1S/C20H16N4OS2/c1-2-12-6-5-7-13-14(10-21-18(12)13)16(25)11-26-19-22-23-20-24(19)15-8-3-4-9-17(15)27-20/h3-10,21H,2,11H2,1H3. The molecule has 0 fully saturated rings. The van der Waals surface area contributed by atoms with E-state index in [4.69, 9.17) is 0 Å². The number of aromatic amines is 1. The number of thiazole rings is 1. The van der Waals surface area contributed by atoms with Crippen molar-refractivity contribution in [3.63, 3.8) is 0 Å². The number of Topliss-reactive ketones (excluding diaryl/α,β-unsaturated/α-hetero) is 1. The van der Waals surface area contributed by atoms with Crippen LogP contribution in [0.25, 0.3) is 26.1 Å². The summed E-state index contributed by atoms with van der Waals surface area (Å²) in [5.74, 6) is 0.421. The number of para-hydroxylation sites is 2. The lowest BCUT2D eigenvalue weighted by Crippen LogP contribution is -2.02. The summed E-state index contributed by atoms with van der Waals surface area (Å²) in [6, 6.07) is 14.3. The summed E-state index contributed by atoms with van der Waals surface area (Å²) in [6.45, 7) is 2.12. The number of hydrogen-bond acceptors (Lipinski definition) is 5. The van der Waals surface area contributed by atoms with Crippen molar-refractivity contribution in [2.45, 2.75) is 18.5 Å². The van der Waals surface area contributed by atoms with Gasteiger partial charge in [-0.15, -0.1) is 10.2 Å². The SMILES string of the molecule is CCc1cccc2c(C(=O)CSc3nnc4sc5ccccc5n34)c[nH]c12. The average Bonchev–Trinajstić information content (AvgIpc) is 3.39. The van der Waals surface area contributed by atoms with Gasteiger partial charge in [-0.25, -0.2) is 0 Å². The van der Waals surface area contributed by atoms with Crippen molar-refractivity contribution in [3.05, 3.63) is 59.8 Å². The van der Waals surface area contributed by atoms with Crippen molar-refractivity contribution in [3.8, 4) is 0 Å². The van der Waals surface area contributed by atoms with E-state index in [0.29, 0.717) is 5.75 Å². The van der Waals surface area contributed by atoms with Crippen LogP contribution in [0.2, 0.25) is 0 Å². The Morgan fingerprint density at radius 1 is 1.19 bits per heavy atom. The molecule has 5 aromatic rings. The van der Waals surface area contributed by atoms with Crippen LogP contribution in [-0.2, 0) is 6.42 Å². The number of aryl methyl sites for hydroxylation is 1. The van der Waals surface area contributed by atoms with Gasteiger partial charge in [-0.1, -0.05) is 60.4 Å². The van der Waals surface area contributed by atoms with Crippen molar-refractivity contribution in [1.82, 2.24) is 19.6 Å². The number of rotatable bonds is 5. The highest BCUT2D eigenvalue weighted by atomic mass is 32.2. The van der Waals surface area contributed by atoms with Crippen molar-refractivity contribution in [1.29, 1.82) is 0 Å². The van der Waals surface area contributed by atoms with Crippen LogP contribution in [0.4, 0.5) is 0 Å². The molecule has 0 aliphatic carbocycles. The van der Waals surface area contributed by atoms with E-state index in [2.05, 4.69) is 40.3 Å². The lowest BCUT2D eigenvalue weighted by molar-refractivity contribution is 0.102. The van der Waals surface area contributed by atoms with Crippen molar-refractivity contribution in [2.75, 3.05) is 5.75 Å². The van der Waals surface area contributed by atoms with Gasteiger partial charge in [-0.2, -0.15) is 0 Å². The molecule has 0 aliphatic rings. The second-order valence-corrected chi connectivity index (χ2v) is 8.23. The second kappa shape index (κ2) is 6.51. The number of carbonyl (C=O) groups excluding carboxylic acids is 1. The zero-order valence-electron chi connectivity index (χ0n) is 14.6. The Morgan fingerprint density at radius 2 is 2.07 bits per heavy atom. The molecule has 0 saturated carbocycles. The number of benzene rings is 2. The number of thioether (sulfide) groups is 1. The summed E-state index contributed by atoms with van der Waals surface area (Å²) in [5, 5.41) is 10.3. The number of nitrogens with zero attached hydrogens (tertiary/aromatic N) is 3. The Morgan fingerprint density at radius 3 is 2.96 bits per heavy atom. The largest absolute Gasteiger partial charge is 0.360 e. The highest BCUT2D eigenvalue weighted by Gasteiger charge is 2.17. The molecule has 3 aromatic heterocycles. The molecule has 0 amide bonds. The predicted molar refractivity (Wildman–Crippen MR) is 111 cm³/mol. The van der Waals surface area contributed by atoms with E-state index in [1.165, 1.54) is 22.0 Å². The van der Waals surface area contributed by atoms with Crippen molar-refractivity contribution in [2.24, 2.45) is 0 Å². The number of carbonyl (C=O) groups is 1. The van der Waals surface area contributed by atoms with Crippen LogP contribution >= 0.6 is 23.1 Å². The molecule has 7 heteroatoms. The smallest absolute Gasteiger partial charge is 0.217 e. The summed E-state index contributed by atoms with van der Waals surface area (Å²) in [7, 11) is 0. The van der Waals surface area contributed by atoms with Crippen LogP contribution in [0.15, 0.2) is 53.8 Å². The number of nitrogens with one attached hydrogen (secondary N) is 1. The molecular formula is C20H16N4OS2. The van der Waals surface area contributed by atoms with E-state index in [-0.39, 0.29) is 5.78 Å². The van der Waals surface area contributed by atoms with Crippen LogP contribution < -0.4 is 0 Å². The molecule has 3 heterocycles. The van der Waals surface area contributed by atoms with E-state index in [1.807, 2.05) is 34.9 Å². The Labute approximate surface area is 163 Å². The number of fused-ring (bicyclic) bond motifs is 4. The average molecular weight is 393 g/mol. The molecule has 27 heavy (non-hydrogen) atoms. The van der Waals surface area contributed by atoms with Gasteiger partial charge >= 0.3 is 0 Å². The van der Waals surface area contributed by atoms with Gasteiger partial charge in [0.2, 0.25) is 4.96 Å². The molecule has 0 spiro atoms. The monoisotopic (exact) mass is 392 g/mol. The maximum atomic E-state index is 12.9. The molecule has 5 nitrogen and oxygen atoms in total. The molecule has 5 rings (SSSR count). The van der Waals surface area contributed by atoms with E-state index in [9.17, 15) is 4.79 Å². The van der Waals surface area contributed by atoms with Gasteiger partial charge in [0, 0.05) is 22.7 Å². The number of aromatic nitrogens is 4. The van der Waals surface area contributed by atoms with E-state index in [1.54, 1.807) is 11.3 Å². The van der Waals surface area contributed by atoms with E-state index in [0.717, 1.165) is 38.5 Å². The summed E-state index contributed by atoms with van der Waals surface area (Å²) < 4.78 is 3.20. The Kier molecular flexibility index (Phi) is 3.98. The topological polar surface area (TPSA) is 63.1 Å². The first kappa shape index (κ1) is 16.5. The van der Waals surface area contributed by atoms with E-state index >= 15 is 0 Å². The van der Waals surface area contributed by atoms with Gasteiger partial charge in [-0.05, 0) is 24.1 Å². The molecule has 0 bridgehead atoms. The maximum Gasteiger partial charge on any atom is 0.217 e. The zero-order valence-corrected chi connectivity index (χ0v) is 16.2. The van der Waals surface area contributed by atoms with Gasteiger partial charge in [0.25, 0.3) is 0 Å². The molecule has 0 saturated heterocycles. The molecular weight excluding hydrogens is 376 g/mol. The van der Waals surface area contributed by atoms with Gasteiger partial charge < -0.3 is 4.98 Å². The Bertz CT molecular complexity index is 1300. The fraction of sp³-hybridized carbons (Fsp3) is 0.150. The van der Waals surface area contributed by atoms with Crippen LogP contribution in [0, 0.1) is 0 Å². The molecule has 0 unspecified atom stereocenters. The molecule has 0 radical (unpaired) electrons. The van der Waals surface area contributed by atoms with Crippen LogP contribution in [0.1, 0.15) is 22.8 Å². The maximum absolute atomic E-state index is 12.9. The van der Waals surface area contributed by atoms with Crippen LogP contribution in [-0.4, -0.2) is 31.1 Å². The minimum Gasteiger partial charge on any atom is -0.360 e. The quantitative estimate of drug-likeness (QED) is 0.339. The third kappa shape index (κ3) is 2.65. The highest BCUT2D eigenvalue weighted by Crippen LogP contribution is 2.30. The summed E-state index contributed by atoms with van der Waals surface area (Å²) >= 11 is 3.04. The third-order valence-corrected chi connectivity index (χ3v) is 6.67. The summed E-state index contributed by atoms with van der Waals surface area (Å²) in [5.41, 5.74) is 4.10. The number of hydrogen-bond donors (Lipinski definition) is 1. The minimum atomic E-state index is 0.0933. The van der Waals surface area contributed by atoms with Crippen molar-refractivity contribution < 1.29 is 4.79 Å². The zero-order chi connectivity index (χ0) is 18.4. The van der Waals surface area contributed by atoms with Gasteiger partial charge in [-0.3, -0.25) is 9.20 Å². The second-order valence-electron chi connectivity index (χ2n) is 6.28. The normalized spacial score (nSPS) is 11.7. The Hall–Kier alpha value is -2.64. The minimum absolute atomic E-state index is 0.0933. The lowest BCUT2D eigenvalue weighted by atomic mass is 10.1. The fourth-order valence-corrected chi connectivity index (χ4v) is 5.25. The van der Waals surface area contributed by atoms with Gasteiger partial charge in [0.15, 0.2) is 10.9 Å². The summed E-state index contributed by atoms with van der Waals surface area (Å²) in [6.07, 6.45) is 2.76. The molecule has 0 aliphatic heterocycles. The van der Waals surface area contributed by atoms with Crippen LogP contribution in [0.5, 0.6) is 0 Å². The number of ketones is 1. The lowest BCUT2D eigenvalue weighted by Gasteiger charge is -2.01. The summed E-state index contributed by atoms with van der Waals surface area (Å²) in [4.78, 5) is 17.0. The molecule has 1 N–H and O–H groups in total. The fourth-order valence-electron chi connectivity index (χ4n) is 3.40. The first-order valence-corrected chi connectivity index (χ1v) is 10.5. The van der Waals surface area contributed by atoms with E-state index < -0.39 is 0 Å². The Balaban J connectivity index is 1.45. The molecule has 2 aromatic carbocycles. The third-order valence-electron chi connectivity index (χ3n) is 4.73. The highest BCUT2D eigenvalue weighted by molar-refractivity contribution is 7.99. The van der Waals surface area contributed by atoms with Crippen LogP contribution in [0.3, 0.4) is 0 Å². The number of H-pyrrole nitrogens is 1. The first-order chi connectivity index (χ1) is 13.3. The van der Waals surface area contributed by atoms with Gasteiger partial charge in [0.05, 0.1) is 16.0 Å². The van der Waals surface area contributed by atoms with Gasteiger partial charge in [0.1, 0.15) is 0 Å². The first-order valence-electron chi connectivity index (χ1n) is 8.74. The predicted octanol–water partition coefficient (Wildman–Crippen LogP) is 4.96. The molecule has 0 atom stereocenters. The van der Waals surface area contributed by atoms with Crippen molar-refractivity contribution >= 4 is 55.0 Å². The molecule has 134 valence electrons.